The highest BCUT2D eigenvalue weighted by atomic mass is 32.1. The highest BCUT2D eigenvalue weighted by Gasteiger charge is 2.35. The van der Waals surface area contributed by atoms with Crippen molar-refractivity contribution in [2.75, 3.05) is 4.90 Å². The predicted molar refractivity (Wildman–Crippen MR) is 116 cm³/mol. The molecule has 0 spiro atoms. The number of rotatable bonds is 2. The molecule has 0 bridgehead atoms. The lowest BCUT2D eigenvalue weighted by atomic mass is 10.2. The second-order valence-corrected chi connectivity index (χ2v) is 9.77. The third-order valence-corrected chi connectivity index (χ3v) is 4.98. The Labute approximate surface area is 179 Å². The molecule has 0 aliphatic rings. The highest BCUT2D eigenvalue weighted by Crippen LogP contribution is 2.37. The number of imide groups is 1. The molecule has 30 heavy (non-hydrogen) atoms. The van der Waals surface area contributed by atoms with E-state index in [0.29, 0.717) is 5.69 Å². The van der Waals surface area contributed by atoms with Crippen LogP contribution >= 0.6 is 11.3 Å². The number of amides is 2. The first-order valence-corrected chi connectivity index (χ1v) is 10.3. The van der Waals surface area contributed by atoms with Gasteiger partial charge in [0.25, 0.3) is 0 Å². The summed E-state index contributed by atoms with van der Waals surface area (Å²) in [5, 5.41) is 4.54. The van der Waals surface area contributed by atoms with E-state index in [1.807, 2.05) is 31.3 Å². The molecule has 0 saturated carbocycles. The topological polar surface area (TPSA) is 86.0 Å². The zero-order valence-corrected chi connectivity index (χ0v) is 19.0. The molecular formula is C21H26N4O4S. The maximum atomic E-state index is 12.9. The molecule has 8 nitrogen and oxygen atoms in total. The second-order valence-electron chi connectivity index (χ2n) is 8.80. The predicted octanol–water partition coefficient (Wildman–Crippen LogP) is 5.44. The number of nitrogens with zero attached hydrogens (tertiary/aromatic N) is 4. The van der Waals surface area contributed by atoms with Gasteiger partial charge in [0.1, 0.15) is 11.2 Å². The maximum absolute atomic E-state index is 12.9. The summed E-state index contributed by atoms with van der Waals surface area (Å²) in [5.74, 6) is 0. The lowest BCUT2D eigenvalue weighted by Crippen LogP contribution is -2.43. The normalized spacial score (nSPS) is 12.1. The van der Waals surface area contributed by atoms with Gasteiger partial charge in [0.05, 0.1) is 22.3 Å². The fraction of sp³-hybridized carbons (Fsp3) is 0.429. The van der Waals surface area contributed by atoms with Crippen LogP contribution in [0.2, 0.25) is 0 Å². The van der Waals surface area contributed by atoms with Crippen LogP contribution in [0.25, 0.3) is 16.0 Å². The first kappa shape index (κ1) is 21.8. The van der Waals surface area contributed by atoms with E-state index < -0.39 is 23.4 Å². The summed E-state index contributed by atoms with van der Waals surface area (Å²) >= 11 is 1.21. The lowest BCUT2D eigenvalue weighted by Gasteiger charge is -2.27. The minimum Gasteiger partial charge on any atom is -0.443 e. The zero-order chi connectivity index (χ0) is 22.3. The maximum Gasteiger partial charge on any atom is 0.426 e. The van der Waals surface area contributed by atoms with E-state index in [9.17, 15) is 9.59 Å². The Morgan fingerprint density at radius 3 is 2.20 bits per heavy atom. The molecule has 0 N–H and O–H groups in total. The van der Waals surface area contributed by atoms with Gasteiger partial charge in [-0.25, -0.2) is 19.1 Å². The van der Waals surface area contributed by atoms with Crippen molar-refractivity contribution >= 4 is 34.2 Å². The average molecular weight is 431 g/mol. The molecule has 3 aromatic heterocycles. The van der Waals surface area contributed by atoms with E-state index in [0.717, 1.165) is 20.9 Å². The number of anilines is 1. The van der Waals surface area contributed by atoms with Gasteiger partial charge in [-0.05, 0) is 60.6 Å². The van der Waals surface area contributed by atoms with Crippen molar-refractivity contribution in [2.45, 2.75) is 59.7 Å². The summed E-state index contributed by atoms with van der Waals surface area (Å²) in [7, 11) is 0. The number of thiazole rings is 1. The molecule has 2 amide bonds. The molecule has 3 aromatic rings. The number of hydrogen-bond donors (Lipinski definition) is 0. The van der Waals surface area contributed by atoms with Gasteiger partial charge in [0, 0.05) is 11.8 Å². The van der Waals surface area contributed by atoms with Crippen molar-refractivity contribution in [1.29, 1.82) is 0 Å². The number of fused-ring (bicyclic) bond motifs is 1. The Hall–Kier alpha value is -2.94. The van der Waals surface area contributed by atoms with Gasteiger partial charge < -0.3 is 9.47 Å². The molecule has 9 heteroatoms. The van der Waals surface area contributed by atoms with Crippen LogP contribution in [0.15, 0.2) is 30.6 Å². The summed E-state index contributed by atoms with van der Waals surface area (Å²) in [4.78, 5) is 31.9. The Kier molecular flexibility index (Phi) is 5.60. The van der Waals surface area contributed by atoms with E-state index in [1.54, 1.807) is 52.3 Å². The minimum atomic E-state index is -0.836. The summed E-state index contributed by atoms with van der Waals surface area (Å²) in [6, 6.07) is 5.76. The average Bonchev–Trinajstić information content (AvgIpc) is 3.15. The molecule has 160 valence electrons. The summed E-state index contributed by atoms with van der Waals surface area (Å²) in [6.45, 7) is 12.2. The first-order valence-electron chi connectivity index (χ1n) is 9.52. The van der Waals surface area contributed by atoms with Crippen LogP contribution < -0.4 is 4.90 Å². The van der Waals surface area contributed by atoms with E-state index >= 15 is 0 Å². The van der Waals surface area contributed by atoms with Gasteiger partial charge in [-0.3, -0.25) is 0 Å². The molecule has 0 aromatic carbocycles. The molecule has 0 fully saturated rings. The fourth-order valence-electron chi connectivity index (χ4n) is 2.68. The van der Waals surface area contributed by atoms with Crippen LogP contribution in [0.3, 0.4) is 0 Å². The van der Waals surface area contributed by atoms with Crippen molar-refractivity contribution in [2.24, 2.45) is 0 Å². The van der Waals surface area contributed by atoms with Crippen molar-refractivity contribution in [3.05, 3.63) is 36.3 Å². The molecule has 0 unspecified atom stereocenters. The molecule has 3 rings (SSSR count). The van der Waals surface area contributed by atoms with E-state index in [2.05, 4.69) is 10.1 Å². The van der Waals surface area contributed by atoms with Crippen LogP contribution in [0, 0.1) is 6.92 Å². The Morgan fingerprint density at radius 1 is 1.03 bits per heavy atom. The number of carbonyl (C=O) groups excluding carboxylic acids is 2. The summed E-state index contributed by atoms with van der Waals surface area (Å²) in [6.07, 6.45) is 1.92. The second kappa shape index (κ2) is 7.71. The number of ether oxygens (including phenoxy) is 2. The Morgan fingerprint density at radius 2 is 1.63 bits per heavy atom. The SMILES string of the molecule is Cc1nc(N(C(=O)OC(C)(C)C)C(=O)OC(C)(C)C)sc1-c1cnn2ccccc12. The van der Waals surface area contributed by atoms with Crippen LogP contribution in [0.4, 0.5) is 14.7 Å². The van der Waals surface area contributed by atoms with Gasteiger partial charge in [-0.15, -0.1) is 0 Å². The van der Waals surface area contributed by atoms with Crippen molar-refractivity contribution < 1.29 is 19.1 Å². The Bertz CT molecular complexity index is 1060. The smallest absolute Gasteiger partial charge is 0.426 e. The van der Waals surface area contributed by atoms with Gasteiger partial charge in [-0.1, -0.05) is 17.4 Å². The fourth-order valence-corrected chi connectivity index (χ4v) is 3.75. The molecule has 0 atom stereocenters. The van der Waals surface area contributed by atoms with E-state index in [-0.39, 0.29) is 5.13 Å². The molecule has 0 radical (unpaired) electrons. The standard InChI is InChI=1S/C21H26N4O4S/c1-13-16(14-12-22-24-11-9-8-10-15(14)24)30-17(23-13)25(18(26)28-20(2,3)4)19(27)29-21(5,6)7/h8-12H,1-7H3. The number of carbonyl (C=O) groups is 2. The number of hydrogen-bond acceptors (Lipinski definition) is 7. The lowest BCUT2D eigenvalue weighted by molar-refractivity contribution is 0.0430. The largest absolute Gasteiger partial charge is 0.443 e. The molecular weight excluding hydrogens is 404 g/mol. The molecule has 3 heterocycles. The van der Waals surface area contributed by atoms with Crippen molar-refractivity contribution in [1.82, 2.24) is 14.6 Å². The first-order chi connectivity index (χ1) is 13.9. The van der Waals surface area contributed by atoms with Gasteiger partial charge in [0.2, 0.25) is 5.13 Å². The minimum absolute atomic E-state index is 0.182. The van der Waals surface area contributed by atoms with E-state index in [1.165, 1.54) is 11.3 Å². The molecule has 0 aliphatic heterocycles. The van der Waals surface area contributed by atoms with E-state index in [4.69, 9.17) is 9.47 Å². The third-order valence-electron chi connectivity index (χ3n) is 3.80. The number of pyridine rings is 1. The van der Waals surface area contributed by atoms with Crippen molar-refractivity contribution in [3.8, 4) is 10.4 Å². The van der Waals surface area contributed by atoms with Crippen LogP contribution in [-0.2, 0) is 9.47 Å². The van der Waals surface area contributed by atoms with Crippen LogP contribution in [0.5, 0.6) is 0 Å². The van der Waals surface area contributed by atoms with Crippen LogP contribution in [-0.4, -0.2) is 38.0 Å². The number of aryl methyl sites for hydroxylation is 1. The summed E-state index contributed by atoms with van der Waals surface area (Å²) in [5.41, 5.74) is 0.872. The van der Waals surface area contributed by atoms with Crippen molar-refractivity contribution in [3.63, 3.8) is 0 Å². The highest BCUT2D eigenvalue weighted by molar-refractivity contribution is 7.19. The quantitative estimate of drug-likeness (QED) is 0.538. The monoisotopic (exact) mass is 430 g/mol. The van der Waals surface area contributed by atoms with Gasteiger partial charge in [-0.2, -0.15) is 10.00 Å². The van der Waals surface area contributed by atoms with Crippen LogP contribution in [0.1, 0.15) is 47.2 Å². The van der Waals surface area contributed by atoms with Gasteiger partial charge >= 0.3 is 12.2 Å². The summed E-state index contributed by atoms with van der Waals surface area (Å²) < 4.78 is 12.6. The van der Waals surface area contributed by atoms with Gasteiger partial charge in [0.15, 0.2) is 0 Å². The Balaban J connectivity index is 2.05. The third kappa shape index (κ3) is 4.79. The number of aromatic nitrogens is 3. The molecule has 0 saturated heterocycles. The molecule has 0 aliphatic carbocycles. The zero-order valence-electron chi connectivity index (χ0n) is 18.2.